The summed E-state index contributed by atoms with van der Waals surface area (Å²) in [7, 11) is 0. The van der Waals surface area contributed by atoms with Gasteiger partial charge in [0.1, 0.15) is 5.76 Å². The highest BCUT2D eigenvalue weighted by atomic mass is 35.5. The number of thioether (sulfide) groups is 1. The quantitative estimate of drug-likeness (QED) is 0.375. The standard InChI is InChI=1S/C22H22ClN5OS/c23-19-9-8-16(20-18(19)7-4-10-24-20)15-30-22-26-25-21(27-11-2-1-3-12-27)28(22)14-17-6-5-13-29-17/h4-10,13H,1-3,11-12,14-15H2. The Balaban J connectivity index is 1.44. The van der Waals surface area contributed by atoms with Gasteiger partial charge < -0.3 is 9.32 Å². The van der Waals surface area contributed by atoms with E-state index in [4.69, 9.17) is 16.0 Å². The van der Waals surface area contributed by atoms with Crippen LogP contribution in [0.4, 0.5) is 5.95 Å². The molecule has 30 heavy (non-hydrogen) atoms. The van der Waals surface area contributed by atoms with Crippen molar-refractivity contribution in [3.63, 3.8) is 0 Å². The van der Waals surface area contributed by atoms with Gasteiger partial charge in [0.15, 0.2) is 5.16 Å². The van der Waals surface area contributed by atoms with Gasteiger partial charge in [0, 0.05) is 35.4 Å². The molecule has 4 aromatic rings. The summed E-state index contributed by atoms with van der Waals surface area (Å²) in [5.74, 6) is 2.56. The molecule has 0 spiro atoms. The van der Waals surface area contributed by atoms with Crippen LogP contribution in [0.25, 0.3) is 10.9 Å². The lowest BCUT2D eigenvalue weighted by Crippen LogP contribution is -2.32. The summed E-state index contributed by atoms with van der Waals surface area (Å²) in [6, 6.07) is 11.8. The third-order valence-corrected chi connectivity index (χ3v) is 6.73. The number of fused-ring (bicyclic) bond motifs is 1. The number of pyridine rings is 1. The molecule has 0 aliphatic carbocycles. The lowest BCUT2D eigenvalue weighted by Gasteiger charge is -2.27. The minimum Gasteiger partial charge on any atom is -0.467 e. The molecule has 0 radical (unpaired) electrons. The summed E-state index contributed by atoms with van der Waals surface area (Å²) >= 11 is 8.02. The van der Waals surface area contributed by atoms with E-state index in [0.29, 0.717) is 6.54 Å². The Morgan fingerprint density at radius 3 is 2.77 bits per heavy atom. The summed E-state index contributed by atoms with van der Waals surface area (Å²) in [6.45, 7) is 2.66. The van der Waals surface area contributed by atoms with Crippen molar-refractivity contribution in [2.75, 3.05) is 18.0 Å². The zero-order valence-corrected chi connectivity index (χ0v) is 18.1. The lowest BCUT2D eigenvalue weighted by molar-refractivity contribution is 0.479. The maximum atomic E-state index is 6.35. The predicted octanol–water partition coefficient (Wildman–Crippen LogP) is 5.40. The molecule has 154 valence electrons. The van der Waals surface area contributed by atoms with Crippen LogP contribution in [-0.4, -0.2) is 32.8 Å². The SMILES string of the molecule is Clc1ccc(CSc2nnc(N3CCCCC3)n2Cc2ccco2)c2ncccc12. The molecule has 0 bridgehead atoms. The van der Waals surface area contributed by atoms with Crippen molar-refractivity contribution in [2.24, 2.45) is 0 Å². The van der Waals surface area contributed by atoms with Crippen molar-refractivity contribution in [1.29, 1.82) is 0 Å². The number of nitrogens with zero attached hydrogens (tertiary/aromatic N) is 5. The van der Waals surface area contributed by atoms with E-state index in [1.165, 1.54) is 19.3 Å². The van der Waals surface area contributed by atoms with Gasteiger partial charge in [-0.2, -0.15) is 0 Å². The van der Waals surface area contributed by atoms with Crippen LogP contribution in [0, 0.1) is 0 Å². The third kappa shape index (κ3) is 3.91. The second kappa shape index (κ2) is 8.70. The molecule has 0 atom stereocenters. The average molecular weight is 440 g/mol. The molecular weight excluding hydrogens is 418 g/mol. The molecule has 1 aromatic carbocycles. The van der Waals surface area contributed by atoms with Crippen LogP contribution < -0.4 is 4.90 Å². The zero-order valence-electron chi connectivity index (χ0n) is 16.5. The predicted molar refractivity (Wildman–Crippen MR) is 120 cm³/mol. The van der Waals surface area contributed by atoms with Crippen molar-refractivity contribution in [3.05, 3.63) is 65.2 Å². The number of anilines is 1. The van der Waals surface area contributed by atoms with Gasteiger partial charge in [0.25, 0.3) is 0 Å². The highest BCUT2D eigenvalue weighted by Crippen LogP contribution is 2.31. The van der Waals surface area contributed by atoms with Gasteiger partial charge in [-0.25, -0.2) is 0 Å². The Morgan fingerprint density at radius 2 is 1.93 bits per heavy atom. The van der Waals surface area contributed by atoms with Gasteiger partial charge in [-0.05, 0) is 55.2 Å². The number of furan rings is 1. The van der Waals surface area contributed by atoms with Crippen LogP contribution in [-0.2, 0) is 12.3 Å². The Morgan fingerprint density at radius 1 is 1.03 bits per heavy atom. The Kier molecular flexibility index (Phi) is 5.64. The fraction of sp³-hybridized carbons (Fsp3) is 0.318. The molecule has 1 aliphatic heterocycles. The van der Waals surface area contributed by atoms with E-state index in [2.05, 4.69) is 24.6 Å². The van der Waals surface area contributed by atoms with Crippen molar-refractivity contribution in [3.8, 4) is 0 Å². The first-order valence-electron chi connectivity index (χ1n) is 10.1. The van der Waals surface area contributed by atoms with Crippen molar-refractivity contribution < 1.29 is 4.42 Å². The van der Waals surface area contributed by atoms with Crippen LogP contribution in [0.5, 0.6) is 0 Å². The first-order chi connectivity index (χ1) is 14.8. The minimum atomic E-state index is 0.619. The lowest BCUT2D eigenvalue weighted by atomic mass is 10.1. The number of benzene rings is 1. The number of aromatic nitrogens is 4. The Hall–Kier alpha value is -2.51. The van der Waals surface area contributed by atoms with Crippen LogP contribution in [0.15, 0.2) is 58.4 Å². The van der Waals surface area contributed by atoms with Gasteiger partial charge in [-0.1, -0.05) is 29.4 Å². The number of hydrogen-bond acceptors (Lipinski definition) is 6. The van der Waals surface area contributed by atoms with Crippen molar-refractivity contribution in [1.82, 2.24) is 19.7 Å². The Bertz CT molecular complexity index is 1140. The van der Waals surface area contributed by atoms with E-state index in [-0.39, 0.29) is 0 Å². The topological polar surface area (TPSA) is 60.0 Å². The molecule has 8 heteroatoms. The molecule has 6 nitrogen and oxygen atoms in total. The third-order valence-electron chi connectivity index (χ3n) is 5.39. The molecule has 0 unspecified atom stereocenters. The van der Waals surface area contributed by atoms with Crippen molar-refractivity contribution in [2.45, 2.75) is 36.7 Å². The van der Waals surface area contributed by atoms with Crippen LogP contribution in [0.1, 0.15) is 30.6 Å². The molecule has 0 N–H and O–H groups in total. The van der Waals surface area contributed by atoms with Gasteiger partial charge in [-0.15, -0.1) is 10.2 Å². The van der Waals surface area contributed by atoms with E-state index in [1.807, 2.05) is 36.4 Å². The van der Waals surface area contributed by atoms with E-state index >= 15 is 0 Å². The normalized spacial score (nSPS) is 14.5. The minimum absolute atomic E-state index is 0.619. The monoisotopic (exact) mass is 439 g/mol. The summed E-state index contributed by atoms with van der Waals surface area (Å²) < 4.78 is 7.78. The number of hydrogen-bond donors (Lipinski definition) is 0. The largest absolute Gasteiger partial charge is 0.467 e. The highest BCUT2D eigenvalue weighted by molar-refractivity contribution is 7.98. The molecule has 5 rings (SSSR count). The molecule has 1 aliphatic rings. The fourth-order valence-corrected chi connectivity index (χ4v) is 5.00. The van der Waals surface area contributed by atoms with E-state index in [9.17, 15) is 0 Å². The van der Waals surface area contributed by atoms with E-state index in [0.717, 1.165) is 57.2 Å². The first kappa shape index (κ1) is 19.5. The second-order valence-electron chi connectivity index (χ2n) is 7.39. The molecule has 3 aromatic heterocycles. The molecular formula is C22H22ClN5OS. The first-order valence-corrected chi connectivity index (χ1v) is 11.5. The molecule has 0 saturated carbocycles. The van der Waals surface area contributed by atoms with E-state index in [1.54, 1.807) is 24.2 Å². The summed E-state index contributed by atoms with van der Waals surface area (Å²) in [4.78, 5) is 6.89. The van der Waals surface area contributed by atoms with E-state index < -0.39 is 0 Å². The number of piperidine rings is 1. The van der Waals surface area contributed by atoms with Crippen molar-refractivity contribution >= 4 is 40.2 Å². The van der Waals surface area contributed by atoms with Gasteiger partial charge in [0.05, 0.1) is 18.3 Å². The van der Waals surface area contributed by atoms with Crippen LogP contribution in [0.3, 0.4) is 0 Å². The highest BCUT2D eigenvalue weighted by Gasteiger charge is 2.21. The van der Waals surface area contributed by atoms with Crippen LogP contribution >= 0.6 is 23.4 Å². The second-order valence-corrected chi connectivity index (χ2v) is 8.74. The number of rotatable bonds is 6. The summed E-state index contributed by atoms with van der Waals surface area (Å²) in [6.07, 6.45) is 7.18. The van der Waals surface area contributed by atoms with Gasteiger partial charge in [-0.3, -0.25) is 9.55 Å². The summed E-state index contributed by atoms with van der Waals surface area (Å²) in [5.41, 5.74) is 2.07. The summed E-state index contributed by atoms with van der Waals surface area (Å²) in [5, 5.41) is 11.7. The molecule has 4 heterocycles. The average Bonchev–Trinajstić information content (AvgIpc) is 3.45. The smallest absolute Gasteiger partial charge is 0.228 e. The maximum absolute atomic E-state index is 6.35. The fourth-order valence-electron chi connectivity index (χ4n) is 3.87. The van der Waals surface area contributed by atoms with Gasteiger partial charge in [0.2, 0.25) is 5.95 Å². The Labute approximate surface area is 184 Å². The zero-order chi connectivity index (χ0) is 20.3. The maximum Gasteiger partial charge on any atom is 0.228 e. The molecule has 0 amide bonds. The molecule has 1 saturated heterocycles. The molecule has 1 fully saturated rings. The van der Waals surface area contributed by atoms with Crippen LogP contribution in [0.2, 0.25) is 5.02 Å². The number of halogens is 1. The van der Waals surface area contributed by atoms with Gasteiger partial charge >= 0.3 is 0 Å².